The van der Waals surface area contributed by atoms with Gasteiger partial charge in [0.25, 0.3) is 6.43 Å². The van der Waals surface area contributed by atoms with E-state index in [2.05, 4.69) is 25.7 Å². The fourth-order valence-electron chi connectivity index (χ4n) is 1.05. The third-order valence-corrected chi connectivity index (χ3v) is 2.82. The van der Waals surface area contributed by atoms with Crippen LogP contribution in [0.3, 0.4) is 0 Å². The third kappa shape index (κ3) is 2.68. The van der Waals surface area contributed by atoms with Crippen LogP contribution in [0.2, 0.25) is 5.02 Å². The molecule has 88 valence electrons. The van der Waals surface area contributed by atoms with E-state index in [0.29, 0.717) is 5.56 Å². The molecule has 0 aliphatic heterocycles. The van der Waals surface area contributed by atoms with Gasteiger partial charge in [0.05, 0.1) is 12.1 Å². The van der Waals surface area contributed by atoms with Crippen molar-refractivity contribution in [1.82, 2.24) is 4.98 Å². The maximum absolute atomic E-state index is 12.5. The Morgan fingerprint density at radius 1 is 1.69 bits per heavy atom. The minimum Gasteiger partial charge on any atom is -0.464 e. The van der Waals surface area contributed by atoms with Crippen molar-refractivity contribution in [2.24, 2.45) is 0 Å². The van der Waals surface area contributed by atoms with Crippen LogP contribution in [0, 0.1) is 0 Å². The van der Waals surface area contributed by atoms with Crippen LogP contribution in [-0.4, -0.2) is 18.1 Å². The van der Waals surface area contributed by atoms with Gasteiger partial charge in [0, 0.05) is 5.33 Å². The van der Waals surface area contributed by atoms with Crippen LogP contribution < -0.4 is 0 Å². The number of carbonyl (C=O) groups is 1. The molecule has 16 heavy (non-hydrogen) atoms. The van der Waals surface area contributed by atoms with E-state index in [-0.39, 0.29) is 16.0 Å². The first-order valence-electron chi connectivity index (χ1n) is 4.13. The van der Waals surface area contributed by atoms with E-state index in [1.54, 1.807) is 0 Å². The summed E-state index contributed by atoms with van der Waals surface area (Å²) in [7, 11) is 1.13. The van der Waals surface area contributed by atoms with Gasteiger partial charge in [-0.15, -0.1) is 0 Å². The summed E-state index contributed by atoms with van der Waals surface area (Å²) in [5, 5.41) is 0.269. The van der Waals surface area contributed by atoms with E-state index in [1.807, 2.05) is 0 Å². The van der Waals surface area contributed by atoms with Crippen LogP contribution in [0.4, 0.5) is 8.78 Å². The average molecular weight is 315 g/mol. The van der Waals surface area contributed by atoms with Crippen LogP contribution in [-0.2, 0) is 10.1 Å². The highest BCUT2D eigenvalue weighted by Crippen LogP contribution is 2.27. The third-order valence-electron chi connectivity index (χ3n) is 1.80. The summed E-state index contributed by atoms with van der Waals surface area (Å²) < 4.78 is 29.4. The number of carbonyl (C=O) groups excluding carboxylic acids is 1. The molecule has 0 saturated carbocycles. The fourth-order valence-corrected chi connectivity index (χ4v) is 1.89. The monoisotopic (exact) mass is 313 g/mol. The quantitative estimate of drug-likeness (QED) is 0.634. The summed E-state index contributed by atoms with van der Waals surface area (Å²) in [5.74, 6) is -0.838. The molecule has 0 saturated heterocycles. The van der Waals surface area contributed by atoms with Crippen molar-refractivity contribution >= 4 is 33.5 Å². The molecule has 0 amide bonds. The second kappa shape index (κ2) is 5.54. The van der Waals surface area contributed by atoms with E-state index in [1.165, 1.54) is 0 Å². The molecule has 1 aromatic heterocycles. The SMILES string of the molecule is COC(=O)c1nc(C(F)F)cc(CBr)c1Cl. The van der Waals surface area contributed by atoms with Crippen LogP contribution in [0.15, 0.2) is 6.07 Å². The lowest BCUT2D eigenvalue weighted by Crippen LogP contribution is -2.09. The Kier molecular flexibility index (Phi) is 4.61. The molecule has 0 N–H and O–H groups in total. The number of pyridine rings is 1. The summed E-state index contributed by atoms with van der Waals surface area (Å²) in [4.78, 5) is 14.7. The van der Waals surface area contributed by atoms with Crippen molar-refractivity contribution < 1.29 is 18.3 Å². The van der Waals surface area contributed by atoms with Gasteiger partial charge in [0.2, 0.25) is 0 Å². The summed E-state index contributed by atoms with van der Waals surface area (Å²) in [6.07, 6.45) is -2.77. The molecule has 0 bridgehead atoms. The molecule has 3 nitrogen and oxygen atoms in total. The molecule has 0 fully saturated rings. The Morgan fingerprint density at radius 2 is 2.31 bits per heavy atom. The molecule has 0 atom stereocenters. The molecule has 0 aromatic carbocycles. The topological polar surface area (TPSA) is 39.2 Å². The zero-order chi connectivity index (χ0) is 12.3. The number of alkyl halides is 3. The van der Waals surface area contributed by atoms with Crippen LogP contribution in [0.1, 0.15) is 28.2 Å². The maximum atomic E-state index is 12.5. The van der Waals surface area contributed by atoms with E-state index < -0.39 is 18.1 Å². The molecular weight excluding hydrogens is 307 g/mol. The Labute approximate surface area is 104 Å². The average Bonchev–Trinajstić information content (AvgIpc) is 2.28. The molecule has 0 spiro atoms. The molecule has 1 heterocycles. The number of hydrogen-bond donors (Lipinski definition) is 0. The van der Waals surface area contributed by atoms with Crippen molar-refractivity contribution in [2.45, 2.75) is 11.8 Å². The van der Waals surface area contributed by atoms with E-state index >= 15 is 0 Å². The number of nitrogens with zero attached hydrogens (tertiary/aromatic N) is 1. The predicted molar refractivity (Wildman–Crippen MR) is 58.2 cm³/mol. The van der Waals surface area contributed by atoms with Crippen LogP contribution in [0.5, 0.6) is 0 Å². The largest absolute Gasteiger partial charge is 0.464 e. The van der Waals surface area contributed by atoms with E-state index in [0.717, 1.165) is 13.2 Å². The molecule has 7 heteroatoms. The van der Waals surface area contributed by atoms with Gasteiger partial charge >= 0.3 is 5.97 Å². The first-order valence-corrected chi connectivity index (χ1v) is 5.63. The van der Waals surface area contributed by atoms with E-state index in [9.17, 15) is 13.6 Å². The Bertz CT molecular complexity index is 415. The summed E-state index contributed by atoms with van der Waals surface area (Å²) in [6, 6.07) is 1.15. The second-order valence-electron chi connectivity index (χ2n) is 2.79. The highest BCUT2D eigenvalue weighted by atomic mass is 79.9. The lowest BCUT2D eigenvalue weighted by Gasteiger charge is -2.08. The Balaban J connectivity index is 3.35. The number of aromatic nitrogens is 1. The molecule has 1 aromatic rings. The van der Waals surface area contributed by atoms with E-state index in [4.69, 9.17) is 11.6 Å². The summed E-state index contributed by atoms with van der Waals surface area (Å²) in [6.45, 7) is 0. The summed E-state index contributed by atoms with van der Waals surface area (Å²) >= 11 is 8.91. The van der Waals surface area contributed by atoms with Gasteiger partial charge in [0.1, 0.15) is 5.69 Å². The molecule has 0 aliphatic rings. The zero-order valence-electron chi connectivity index (χ0n) is 8.14. The molecule has 0 unspecified atom stereocenters. The molecular formula is C9H7BrClF2NO2. The number of esters is 1. The lowest BCUT2D eigenvalue weighted by molar-refractivity contribution is 0.0592. The van der Waals surface area contributed by atoms with Gasteiger partial charge in [-0.05, 0) is 11.6 Å². The molecule has 0 aliphatic carbocycles. The first kappa shape index (κ1) is 13.3. The molecule has 1 rings (SSSR count). The number of methoxy groups -OCH3 is 1. The Morgan fingerprint density at radius 3 is 2.75 bits per heavy atom. The Hall–Kier alpha value is -0.750. The number of ether oxygens (including phenoxy) is 1. The standard InChI is InChI=1S/C9H7BrClF2NO2/c1-16-9(15)7-6(11)4(3-10)2-5(14-7)8(12)13/h2,8H,3H2,1H3. The number of hydrogen-bond acceptors (Lipinski definition) is 3. The number of halogens is 4. The zero-order valence-corrected chi connectivity index (χ0v) is 10.5. The van der Waals surface area contributed by atoms with Gasteiger partial charge in [-0.25, -0.2) is 18.6 Å². The molecule has 0 radical (unpaired) electrons. The van der Waals surface area contributed by atoms with Crippen molar-refractivity contribution in [1.29, 1.82) is 0 Å². The summed E-state index contributed by atoms with van der Waals surface area (Å²) in [5.41, 5.74) is -0.428. The van der Waals surface area contributed by atoms with Gasteiger partial charge in [-0.2, -0.15) is 0 Å². The van der Waals surface area contributed by atoms with Crippen molar-refractivity contribution in [3.63, 3.8) is 0 Å². The smallest absolute Gasteiger partial charge is 0.358 e. The highest BCUT2D eigenvalue weighted by Gasteiger charge is 2.20. The minimum atomic E-state index is -2.77. The van der Waals surface area contributed by atoms with Crippen molar-refractivity contribution in [3.8, 4) is 0 Å². The van der Waals surface area contributed by atoms with Gasteiger partial charge in [0.15, 0.2) is 5.69 Å². The minimum absolute atomic E-state index is 0.0214. The predicted octanol–water partition coefficient (Wildman–Crippen LogP) is 3.35. The fraction of sp³-hybridized carbons (Fsp3) is 0.333. The van der Waals surface area contributed by atoms with Gasteiger partial charge < -0.3 is 4.74 Å². The second-order valence-corrected chi connectivity index (χ2v) is 3.73. The van der Waals surface area contributed by atoms with Crippen LogP contribution >= 0.6 is 27.5 Å². The van der Waals surface area contributed by atoms with Gasteiger partial charge in [-0.3, -0.25) is 0 Å². The van der Waals surface area contributed by atoms with Crippen LogP contribution in [0.25, 0.3) is 0 Å². The van der Waals surface area contributed by atoms with Crippen molar-refractivity contribution in [3.05, 3.63) is 28.0 Å². The normalized spacial score (nSPS) is 10.6. The lowest BCUT2D eigenvalue weighted by atomic mass is 10.2. The number of rotatable bonds is 3. The first-order chi connectivity index (χ1) is 7.51. The highest BCUT2D eigenvalue weighted by molar-refractivity contribution is 9.08. The van der Waals surface area contributed by atoms with Crippen molar-refractivity contribution in [2.75, 3.05) is 7.11 Å². The van der Waals surface area contributed by atoms with Gasteiger partial charge in [-0.1, -0.05) is 27.5 Å². The maximum Gasteiger partial charge on any atom is 0.358 e.